The van der Waals surface area contributed by atoms with Crippen LogP contribution in [0.1, 0.15) is 52.0 Å². The number of ether oxygens (including phenoxy) is 2. The Kier molecular flexibility index (Phi) is 9.29. The van der Waals surface area contributed by atoms with Crippen molar-refractivity contribution < 1.29 is 14.0 Å². The van der Waals surface area contributed by atoms with Crippen LogP contribution in [0.5, 0.6) is 11.5 Å². The third-order valence-corrected chi connectivity index (χ3v) is 9.83. The van der Waals surface area contributed by atoms with Gasteiger partial charge in [0, 0.05) is 24.1 Å². The molecule has 0 bridgehead atoms. The van der Waals surface area contributed by atoms with Gasteiger partial charge in [0.05, 0.1) is 31.0 Å². The van der Waals surface area contributed by atoms with E-state index in [1.54, 1.807) is 14.2 Å². The molecule has 0 saturated heterocycles. The SMILES string of the molecule is C.CC.COc1ccc2c(c1)N(C)/C(=C/C1=CC3=C/C(=C/c4sc5ccc(OC)cc5[n+]4C)CCC3CC1)S2. The molecule has 0 saturated carbocycles. The lowest BCUT2D eigenvalue weighted by Gasteiger charge is -2.28. The average molecular weight is 562 g/mol. The van der Waals surface area contributed by atoms with Crippen LogP contribution in [0, 0.1) is 5.92 Å². The van der Waals surface area contributed by atoms with E-state index in [2.05, 4.69) is 72.1 Å². The Bertz CT molecular complexity index is 1480. The van der Waals surface area contributed by atoms with Gasteiger partial charge in [-0.25, -0.2) is 0 Å². The van der Waals surface area contributed by atoms with Crippen LogP contribution in [-0.2, 0) is 7.05 Å². The standard InChI is InChI=1S/C30H31N2O2S2.C2H6.CH4/c1-31-25-17-23(33-3)9-11-27(25)35-29(31)15-19-5-7-21-8-6-20(14-22(21)13-19)16-30-32(2)26-18-24(34-4)10-12-28(26)36-30;1-2;/h9-18,21H,5-8H2,1-4H3;1-2H3;1H4/q+1;;. The van der Waals surface area contributed by atoms with E-state index in [4.69, 9.17) is 9.47 Å². The molecular formula is C33H41N2O2S2+. The summed E-state index contributed by atoms with van der Waals surface area (Å²) in [4.78, 5) is 3.57. The van der Waals surface area contributed by atoms with Crippen LogP contribution in [0.4, 0.5) is 5.69 Å². The van der Waals surface area contributed by atoms with Gasteiger partial charge in [-0.1, -0.05) is 56.5 Å². The maximum Gasteiger partial charge on any atom is 0.262 e. The number of allylic oxidation sites excluding steroid dienone is 6. The van der Waals surface area contributed by atoms with Crippen molar-refractivity contribution in [3.63, 3.8) is 0 Å². The number of thiazole rings is 1. The molecule has 2 aromatic carbocycles. The molecule has 6 heteroatoms. The number of hydrogen-bond donors (Lipinski definition) is 0. The molecule has 0 radical (unpaired) electrons. The highest BCUT2D eigenvalue weighted by Crippen LogP contribution is 2.47. The first kappa shape index (κ1) is 29.0. The summed E-state index contributed by atoms with van der Waals surface area (Å²) in [6, 6.07) is 12.7. The molecule has 2 heterocycles. The number of hydrogen-bond acceptors (Lipinski definition) is 5. The number of methoxy groups -OCH3 is 2. The van der Waals surface area contributed by atoms with Gasteiger partial charge in [-0.15, -0.1) is 0 Å². The first-order valence-corrected chi connectivity index (χ1v) is 15.1. The molecule has 0 amide bonds. The summed E-state index contributed by atoms with van der Waals surface area (Å²) in [6.07, 6.45) is 14.4. The summed E-state index contributed by atoms with van der Waals surface area (Å²) < 4.78 is 14.4. The molecular weight excluding hydrogens is 521 g/mol. The zero-order chi connectivity index (χ0) is 26.8. The summed E-state index contributed by atoms with van der Waals surface area (Å²) >= 11 is 3.69. The maximum atomic E-state index is 5.43. The first-order valence-electron chi connectivity index (χ1n) is 13.4. The smallest absolute Gasteiger partial charge is 0.262 e. The van der Waals surface area contributed by atoms with Gasteiger partial charge in [-0.2, -0.15) is 4.57 Å². The number of rotatable bonds is 4. The molecule has 2 aliphatic carbocycles. The van der Waals surface area contributed by atoms with Gasteiger partial charge in [0.2, 0.25) is 5.52 Å². The van der Waals surface area contributed by atoms with Crippen LogP contribution < -0.4 is 18.9 Å². The quantitative estimate of drug-likeness (QED) is 0.297. The second-order valence-electron chi connectivity index (χ2n) is 9.67. The summed E-state index contributed by atoms with van der Waals surface area (Å²) in [5, 5.41) is 2.56. The Labute approximate surface area is 242 Å². The molecule has 39 heavy (non-hydrogen) atoms. The van der Waals surface area contributed by atoms with Crippen LogP contribution in [0.15, 0.2) is 81.3 Å². The summed E-state index contributed by atoms with van der Waals surface area (Å²) in [5.41, 5.74) is 6.77. The lowest BCUT2D eigenvalue weighted by atomic mass is 9.77. The highest BCUT2D eigenvalue weighted by atomic mass is 32.2. The predicted molar refractivity (Wildman–Crippen MR) is 169 cm³/mol. The molecule has 0 N–H and O–H groups in total. The average Bonchev–Trinajstić information content (AvgIpc) is 3.44. The fourth-order valence-corrected chi connectivity index (χ4v) is 7.57. The number of aryl methyl sites for hydroxylation is 1. The molecule has 0 spiro atoms. The Balaban J connectivity index is 0.00000115. The zero-order valence-electron chi connectivity index (χ0n) is 23.2. The van der Waals surface area contributed by atoms with Crippen LogP contribution >= 0.6 is 23.1 Å². The van der Waals surface area contributed by atoms with E-state index in [0.717, 1.165) is 24.3 Å². The topological polar surface area (TPSA) is 25.6 Å². The zero-order valence-corrected chi connectivity index (χ0v) is 24.8. The van der Waals surface area contributed by atoms with E-state index in [1.807, 2.05) is 49.1 Å². The van der Waals surface area contributed by atoms with Crippen molar-refractivity contribution in [3.05, 3.63) is 81.4 Å². The molecule has 206 valence electrons. The van der Waals surface area contributed by atoms with E-state index in [1.165, 1.54) is 60.4 Å². The van der Waals surface area contributed by atoms with Gasteiger partial charge < -0.3 is 14.4 Å². The Hall–Kier alpha value is -2.96. The van der Waals surface area contributed by atoms with Gasteiger partial charge in [0.25, 0.3) is 5.01 Å². The van der Waals surface area contributed by atoms with Crippen molar-refractivity contribution in [2.45, 2.75) is 51.9 Å². The van der Waals surface area contributed by atoms with Gasteiger partial charge in [0.15, 0.2) is 0 Å². The van der Waals surface area contributed by atoms with Crippen molar-refractivity contribution in [3.8, 4) is 11.5 Å². The van der Waals surface area contributed by atoms with Gasteiger partial charge >= 0.3 is 0 Å². The monoisotopic (exact) mass is 561 g/mol. The number of nitrogens with zero attached hydrogens (tertiary/aromatic N) is 2. The minimum Gasteiger partial charge on any atom is -0.497 e. The highest BCUT2D eigenvalue weighted by Gasteiger charge is 2.26. The normalized spacial score (nSPS) is 19.9. The molecule has 1 unspecified atom stereocenters. The molecule has 6 rings (SSSR count). The van der Waals surface area contributed by atoms with Gasteiger partial charge in [0.1, 0.15) is 23.2 Å². The third-order valence-electron chi connectivity index (χ3n) is 7.50. The first-order chi connectivity index (χ1) is 18.5. The number of benzene rings is 2. The molecule has 3 aliphatic rings. The number of fused-ring (bicyclic) bond motifs is 3. The predicted octanol–water partition coefficient (Wildman–Crippen LogP) is 8.93. The van der Waals surface area contributed by atoms with Gasteiger partial charge in [-0.3, -0.25) is 0 Å². The Morgan fingerprint density at radius 3 is 2.44 bits per heavy atom. The van der Waals surface area contributed by atoms with Crippen molar-refractivity contribution in [1.82, 2.24) is 0 Å². The Morgan fingerprint density at radius 2 is 1.67 bits per heavy atom. The minimum absolute atomic E-state index is 0. The molecule has 1 atom stereocenters. The minimum atomic E-state index is 0. The summed E-state index contributed by atoms with van der Waals surface area (Å²) in [6.45, 7) is 4.00. The third kappa shape index (κ3) is 5.82. The molecule has 1 aliphatic heterocycles. The fraction of sp³-hybridized carbons (Fsp3) is 0.364. The van der Waals surface area contributed by atoms with Crippen LogP contribution in [0.25, 0.3) is 16.3 Å². The van der Waals surface area contributed by atoms with Crippen LogP contribution in [0.3, 0.4) is 0 Å². The van der Waals surface area contributed by atoms with E-state index in [-0.39, 0.29) is 7.43 Å². The van der Waals surface area contributed by atoms with Crippen molar-refractivity contribution in [2.24, 2.45) is 13.0 Å². The van der Waals surface area contributed by atoms with E-state index in [0.29, 0.717) is 5.92 Å². The van der Waals surface area contributed by atoms with Crippen molar-refractivity contribution >= 4 is 45.1 Å². The van der Waals surface area contributed by atoms with E-state index >= 15 is 0 Å². The molecule has 3 aromatic rings. The van der Waals surface area contributed by atoms with E-state index in [9.17, 15) is 0 Å². The fourth-order valence-electron chi connectivity index (χ4n) is 5.35. The lowest BCUT2D eigenvalue weighted by Crippen LogP contribution is -2.29. The van der Waals surface area contributed by atoms with Crippen LogP contribution in [-0.4, -0.2) is 21.3 Å². The van der Waals surface area contributed by atoms with Crippen LogP contribution in [0.2, 0.25) is 0 Å². The molecule has 4 nitrogen and oxygen atoms in total. The highest BCUT2D eigenvalue weighted by molar-refractivity contribution is 8.03. The maximum absolute atomic E-state index is 5.43. The summed E-state index contributed by atoms with van der Waals surface area (Å²) in [5.74, 6) is 2.49. The number of thioether (sulfide) groups is 1. The van der Waals surface area contributed by atoms with Crippen molar-refractivity contribution in [1.29, 1.82) is 0 Å². The largest absolute Gasteiger partial charge is 0.497 e. The second-order valence-corrected chi connectivity index (χ2v) is 11.8. The molecule has 0 fully saturated rings. The number of anilines is 1. The van der Waals surface area contributed by atoms with Gasteiger partial charge in [-0.05, 0) is 78.7 Å². The molecule has 1 aromatic heterocycles. The van der Waals surface area contributed by atoms with E-state index < -0.39 is 0 Å². The number of aromatic nitrogens is 1. The van der Waals surface area contributed by atoms with Crippen molar-refractivity contribution in [2.75, 3.05) is 26.2 Å². The lowest BCUT2D eigenvalue weighted by molar-refractivity contribution is -0.642. The second kappa shape index (κ2) is 12.5. The summed E-state index contributed by atoms with van der Waals surface area (Å²) in [7, 11) is 7.75. The Morgan fingerprint density at radius 1 is 0.949 bits per heavy atom.